The summed E-state index contributed by atoms with van der Waals surface area (Å²) in [5.41, 5.74) is 5.65. The minimum absolute atomic E-state index is 0.182. The number of fused-ring (bicyclic) bond motifs is 3. The first kappa shape index (κ1) is 20.8. The van der Waals surface area contributed by atoms with Crippen LogP contribution in [0.5, 0.6) is 5.88 Å². The Labute approximate surface area is 189 Å². The zero-order valence-electron chi connectivity index (χ0n) is 18.0. The number of hydrogen-bond donors (Lipinski definition) is 1. The second-order valence-electron chi connectivity index (χ2n) is 7.52. The van der Waals surface area contributed by atoms with Crippen molar-refractivity contribution >= 4 is 32.4 Å². The van der Waals surface area contributed by atoms with Gasteiger partial charge in [-0.1, -0.05) is 6.07 Å². The molecule has 0 aliphatic carbocycles. The van der Waals surface area contributed by atoms with E-state index in [1.54, 1.807) is 24.7 Å². The first-order valence-electron chi connectivity index (χ1n) is 9.91. The van der Waals surface area contributed by atoms with Crippen molar-refractivity contribution in [1.29, 1.82) is 0 Å². The summed E-state index contributed by atoms with van der Waals surface area (Å²) in [7, 11) is -2.08. The maximum Gasteiger partial charge on any atom is 0.238 e. The van der Waals surface area contributed by atoms with Crippen molar-refractivity contribution in [1.82, 2.24) is 29.5 Å². The standard InChI is InChI=1S/C22H19N7O3S/c1-13-4-5-15(10-23-13)21-27-26-20-12-24-17-7-6-14(9-19(17)29(20)21)16-8-18(28-33(3,30)31)22(32-2)25-11-16/h4-12,28H,1-3H3. The number of benzene rings is 1. The van der Waals surface area contributed by atoms with Crippen LogP contribution >= 0.6 is 0 Å². The van der Waals surface area contributed by atoms with E-state index in [4.69, 9.17) is 4.74 Å². The van der Waals surface area contributed by atoms with Gasteiger partial charge in [-0.2, -0.15) is 0 Å². The lowest BCUT2D eigenvalue weighted by molar-refractivity contribution is 0.400. The van der Waals surface area contributed by atoms with Crippen LogP contribution in [0.3, 0.4) is 0 Å². The van der Waals surface area contributed by atoms with Crippen LogP contribution in [0.15, 0.2) is 55.0 Å². The van der Waals surface area contributed by atoms with Crippen LogP contribution in [0, 0.1) is 6.92 Å². The number of hydrogen-bond acceptors (Lipinski definition) is 8. The van der Waals surface area contributed by atoms with Crippen LogP contribution < -0.4 is 9.46 Å². The fraction of sp³-hybridized carbons (Fsp3) is 0.136. The van der Waals surface area contributed by atoms with Gasteiger partial charge in [0.15, 0.2) is 11.5 Å². The molecule has 5 rings (SSSR count). The van der Waals surface area contributed by atoms with Crippen molar-refractivity contribution in [3.05, 3.63) is 60.7 Å². The van der Waals surface area contributed by atoms with Gasteiger partial charge < -0.3 is 4.74 Å². The van der Waals surface area contributed by atoms with Crippen LogP contribution in [-0.2, 0) is 10.0 Å². The van der Waals surface area contributed by atoms with Crippen LogP contribution in [0.25, 0.3) is 39.2 Å². The number of rotatable bonds is 5. The summed E-state index contributed by atoms with van der Waals surface area (Å²) >= 11 is 0. The summed E-state index contributed by atoms with van der Waals surface area (Å²) in [6, 6.07) is 11.3. The zero-order chi connectivity index (χ0) is 23.2. The Bertz CT molecular complexity index is 1610. The molecule has 1 aromatic carbocycles. The van der Waals surface area contributed by atoms with E-state index in [2.05, 4.69) is 29.9 Å². The van der Waals surface area contributed by atoms with E-state index in [-0.39, 0.29) is 11.6 Å². The number of nitrogens with zero attached hydrogens (tertiary/aromatic N) is 6. The summed E-state index contributed by atoms with van der Waals surface area (Å²) < 4.78 is 33.1. The van der Waals surface area contributed by atoms with Crippen molar-refractivity contribution in [2.45, 2.75) is 6.92 Å². The lowest BCUT2D eigenvalue weighted by Crippen LogP contribution is -2.11. The molecule has 33 heavy (non-hydrogen) atoms. The molecule has 0 bridgehead atoms. The van der Waals surface area contributed by atoms with Crippen LogP contribution in [0.4, 0.5) is 5.69 Å². The molecular formula is C22H19N7O3S. The minimum Gasteiger partial charge on any atom is -0.480 e. The third-order valence-electron chi connectivity index (χ3n) is 5.07. The molecular weight excluding hydrogens is 442 g/mol. The van der Waals surface area contributed by atoms with Gasteiger partial charge in [-0.15, -0.1) is 10.2 Å². The molecule has 11 heteroatoms. The van der Waals surface area contributed by atoms with Crippen molar-refractivity contribution in [3.63, 3.8) is 0 Å². The van der Waals surface area contributed by atoms with Crippen molar-refractivity contribution in [2.24, 2.45) is 0 Å². The van der Waals surface area contributed by atoms with Crippen molar-refractivity contribution in [3.8, 4) is 28.4 Å². The molecule has 10 nitrogen and oxygen atoms in total. The Balaban J connectivity index is 1.70. The molecule has 4 heterocycles. The Morgan fingerprint density at radius 1 is 0.909 bits per heavy atom. The monoisotopic (exact) mass is 461 g/mol. The molecule has 0 saturated carbocycles. The molecule has 0 spiro atoms. The first-order chi connectivity index (χ1) is 15.8. The van der Waals surface area contributed by atoms with Gasteiger partial charge >= 0.3 is 0 Å². The van der Waals surface area contributed by atoms with Crippen molar-refractivity contribution in [2.75, 3.05) is 18.1 Å². The predicted octanol–water partition coefficient (Wildman–Crippen LogP) is 3.09. The second-order valence-corrected chi connectivity index (χ2v) is 9.27. The second kappa shape index (κ2) is 7.78. The topological polar surface area (TPSA) is 124 Å². The summed E-state index contributed by atoms with van der Waals surface area (Å²) in [6.07, 6.45) is 6.13. The number of ether oxygens (including phenoxy) is 1. The van der Waals surface area contributed by atoms with Gasteiger partial charge in [0, 0.05) is 29.2 Å². The van der Waals surface area contributed by atoms with Gasteiger partial charge in [0.05, 0.1) is 30.6 Å². The van der Waals surface area contributed by atoms with E-state index in [9.17, 15) is 8.42 Å². The Kier molecular flexibility index (Phi) is 4.90. The van der Waals surface area contributed by atoms with Gasteiger partial charge in [0.25, 0.3) is 0 Å². The first-order valence-corrected chi connectivity index (χ1v) is 11.8. The highest BCUT2D eigenvalue weighted by Crippen LogP contribution is 2.31. The van der Waals surface area contributed by atoms with Gasteiger partial charge in [-0.25, -0.2) is 13.4 Å². The van der Waals surface area contributed by atoms with Gasteiger partial charge in [0.2, 0.25) is 15.9 Å². The third-order valence-corrected chi connectivity index (χ3v) is 5.66. The normalized spacial score (nSPS) is 11.7. The smallest absolute Gasteiger partial charge is 0.238 e. The van der Waals surface area contributed by atoms with Crippen LogP contribution in [0.1, 0.15) is 5.69 Å². The van der Waals surface area contributed by atoms with E-state index in [1.165, 1.54) is 7.11 Å². The molecule has 0 saturated heterocycles. The summed E-state index contributed by atoms with van der Waals surface area (Å²) in [4.78, 5) is 13.1. The molecule has 1 N–H and O–H groups in total. The molecule has 0 unspecified atom stereocenters. The third kappa shape index (κ3) is 3.94. The minimum atomic E-state index is -3.51. The summed E-state index contributed by atoms with van der Waals surface area (Å²) in [5, 5.41) is 8.62. The molecule has 4 aromatic heterocycles. The largest absolute Gasteiger partial charge is 0.480 e. The number of pyridine rings is 2. The predicted molar refractivity (Wildman–Crippen MR) is 125 cm³/mol. The Hall–Kier alpha value is -4.12. The lowest BCUT2D eigenvalue weighted by Gasteiger charge is -2.12. The number of aromatic nitrogens is 6. The molecule has 166 valence electrons. The molecule has 0 aliphatic heterocycles. The van der Waals surface area contributed by atoms with E-state index >= 15 is 0 Å². The maximum absolute atomic E-state index is 11.8. The molecule has 5 aromatic rings. The lowest BCUT2D eigenvalue weighted by atomic mass is 10.1. The zero-order valence-corrected chi connectivity index (χ0v) is 18.8. The number of methoxy groups -OCH3 is 1. The fourth-order valence-electron chi connectivity index (χ4n) is 3.57. The quantitative estimate of drug-likeness (QED) is 0.423. The number of aryl methyl sites for hydroxylation is 1. The summed E-state index contributed by atoms with van der Waals surface area (Å²) in [5.74, 6) is 0.830. The highest BCUT2D eigenvalue weighted by molar-refractivity contribution is 7.92. The molecule has 0 amide bonds. The SMILES string of the molecule is COc1ncc(-c2ccc3ncc4nnc(-c5ccc(C)nc5)n4c3c2)cc1NS(C)(=O)=O. The number of sulfonamides is 1. The van der Waals surface area contributed by atoms with E-state index < -0.39 is 10.0 Å². The van der Waals surface area contributed by atoms with Crippen LogP contribution in [-0.4, -0.2) is 51.3 Å². The van der Waals surface area contributed by atoms with Gasteiger partial charge in [-0.05, 0) is 42.8 Å². The fourth-order valence-corrected chi connectivity index (χ4v) is 4.11. The molecule has 0 fully saturated rings. The van der Waals surface area contributed by atoms with Crippen LogP contribution in [0.2, 0.25) is 0 Å². The van der Waals surface area contributed by atoms with E-state index in [0.29, 0.717) is 17.0 Å². The van der Waals surface area contributed by atoms with Gasteiger partial charge in [0.1, 0.15) is 5.69 Å². The van der Waals surface area contributed by atoms with E-state index in [1.807, 2.05) is 41.7 Å². The maximum atomic E-state index is 11.8. The molecule has 0 atom stereocenters. The highest BCUT2D eigenvalue weighted by Gasteiger charge is 2.15. The average molecular weight is 462 g/mol. The molecule has 0 aliphatic rings. The van der Waals surface area contributed by atoms with Crippen molar-refractivity contribution < 1.29 is 13.2 Å². The Morgan fingerprint density at radius 2 is 1.70 bits per heavy atom. The van der Waals surface area contributed by atoms with E-state index in [0.717, 1.165) is 34.1 Å². The molecule has 0 radical (unpaired) electrons. The summed E-state index contributed by atoms with van der Waals surface area (Å²) in [6.45, 7) is 1.92. The number of nitrogens with one attached hydrogen (secondary N) is 1. The van der Waals surface area contributed by atoms with Gasteiger partial charge in [-0.3, -0.25) is 19.1 Å². The Morgan fingerprint density at radius 3 is 2.42 bits per heavy atom. The number of anilines is 1. The average Bonchev–Trinajstić information content (AvgIpc) is 3.23. The highest BCUT2D eigenvalue weighted by atomic mass is 32.2.